The second kappa shape index (κ2) is 4.23. The van der Waals surface area contributed by atoms with Crippen molar-refractivity contribution in [2.75, 3.05) is 13.7 Å². The van der Waals surface area contributed by atoms with Crippen LogP contribution >= 0.6 is 0 Å². The topological polar surface area (TPSA) is 21.3 Å². The largest absolute Gasteiger partial charge is 0.497 e. The molecule has 0 aliphatic carbocycles. The third-order valence-corrected chi connectivity index (χ3v) is 3.49. The van der Waals surface area contributed by atoms with Crippen molar-refractivity contribution in [3.8, 4) is 5.75 Å². The van der Waals surface area contributed by atoms with Crippen LogP contribution in [0.5, 0.6) is 5.75 Å². The Morgan fingerprint density at radius 2 is 2.07 bits per heavy atom. The van der Waals surface area contributed by atoms with Crippen LogP contribution in [0.1, 0.15) is 31.7 Å². The summed E-state index contributed by atoms with van der Waals surface area (Å²) >= 11 is 0. The van der Waals surface area contributed by atoms with Crippen molar-refractivity contribution in [1.29, 1.82) is 0 Å². The highest BCUT2D eigenvalue weighted by Crippen LogP contribution is 2.34. The molecule has 1 aliphatic heterocycles. The van der Waals surface area contributed by atoms with E-state index in [1.165, 1.54) is 18.4 Å². The van der Waals surface area contributed by atoms with E-state index in [0.29, 0.717) is 0 Å². The molecule has 0 aromatic heterocycles. The summed E-state index contributed by atoms with van der Waals surface area (Å²) in [5.74, 6) is 0.933. The van der Waals surface area contributed by atoms with Gasteiger partial charge in [0.15, 0.2) is 0 Å². The zero-order chi connectivity index (χ0) is 10.7. The highest BCUT2D eigenvalue weighted by atomic mass is 16.5. The number of ether oxygens (including phenoxy) is 1. The van der Waals surface area contributed by atoms with E-state index >= 15 is 0 Å². The van der Waals surface area contributed by atoms with Gasteiger partial charge in [-0.05, 0) is 43.5 Å². The molecule has 1 aromatic rings. The highest BCUT2D eigenvalue weighted by molar-refractivity contribution is 5.32. The van der Waals surface area contributed by atoms with Gasteiger partial charge in [0.25, 0.3) is 0 Å². The van der Waals surface area contributed by atoms with Crippen LogP contribution in [0.25, 0.3) is 0 Å². The summed E-state index contributed by atoms with van der Waals surface area (Å²) < 4.78 is 5.18. The zero-order valence-electron chi connectivity index (χ0n) is 9.55. The number of nitrogens with one attached hydrogen (secondary N) is 1. The highest BCUT2D eigenvalue weighted by Gasteiger charge is 2.32. The van der Waals surface area contributed by atoms with Crippen LogP contribution in [0, 0.1) is 0 Å². The maximum absolute atomic E-state index is 5.18. The molecule has 1 N–H and O–H groups in total. The molecule has 1 aliphatic rings. The van der Waals surface area contributed by atoms with Gasteiger partial charge in [-0.1, -0.05) is 19.1 Å². The first-order chi connectivity index (χ1) is 7.30. The van der Waals surface area contributed by atoms with Crippen LogP contribution in [0.15, 0.2) is 24.3 Å². The molecule has 1 heterocycles. The van der Waals surface area contributed by atoms with E-state index in [1.54, 1.807) is 7.11 Å². The summed E-state index contributed by atoms with van der Waals surface area (Å²) in [6.45, 7) is 3.39. The van der Waals surface area contributed by atoms with Crippen LogP contribution in [-0.2, 0) is 5.54 Å². The first-order valence-electron chi connectivity index (χ1n) is 5.70. The summed E-state index contributed by atoms with van der Waals surface area (Å²) in [6, 6.07) is 8.46. The molecule has 0 saturated carbocycles. The Bertz CT molecular complexity index is 312. The molecule has 1 atom stereocenters. The van der Waals surface area contributed by atoms with Crippen molar-refractivity contribution in [3.63, 3.8) is 0 Å². The molecule has 1 saturated heterocycles. The van der Waals surface area contributed by atoms with Crippen molar-refractivity contribution in [1.82, 2.24) is 5.32 Å². The summed E-state index contributed by atoms with van der Waals surface area (Å²) in [4.78, 5) is 0. The van der Waals surface area contributed by atoms with Gasteiger partial charge in [-0.3, -0.25) is 0 Å². The third kappa shape index (κ3) is 1.86. The van der Waals surface area contributed by atoms with Crippen molar-refractivity contribution < 1.29 is 4.74 Å². The Morgan fingerprint density at radius 1 is 1.33 bits per heavy atom. The lowest BCUT2D eigenvalue weighted by molar-refractivity contribution is 0.374. The molecular weight excluding hydrogens is 186 g/mol. The maximum atomic E-state index is 5.18. The van der Waals surface area contributed by atoms with Crippen molar-refractivity contribution in [3.05, 3.63) is 29.8 Å². The van der Waals surface area contributed by atoms with Crippen molar-refractivity contribution >= 4 is 0 Å². The van der Waals surface area contributed by atoms with Crippen LogP contribution in [0.2, 0.25) is 0 Å². The molecule has 2 nitrogen and oxygen atoms in total. The summed E-state index contributed by atoms with van der Waals surface area (Å²) in [5.41, 5.74) is 1.61. The van der Waals surface area contributed by atoms with E-state index in [9.17, 15) is 0 Å². The van der Waals surface area contributed by atoms with Gasteiger partial charge < -0.3 is 10.1 Å². The molecule has 1 fully saturated rings. The predicted molar refractivity (Wildman–Crippen MR) is 62.2 cm³/mol. The first kappa shape index (κ1) is 10.5. The van der Waals surface area contributed by atoms with Gasteiger partial charge in [-0.15, -0.1) is 0 Å². The number of methoxy groups -OCH3 is 1. The van der Waals surface area contributed by atoms with E-state index < -0.39 is 0 Å². The molecule has 0 radical (unpaired) electrons. The summed E-state index contributed by atoms with van der Waals surface area (Å²) in [7, 11) is 1.71. The van der Waals surface area contributed by atoms with Gasteiger partial charge in [-0.25, -0.2) is 0 Å². The number of hydrogen-bond donors (Lipinski definition) is 1. The minimum Gasteiger partial charge on any atom is -0.497 e. The van der Waals surface area contributed by atoms with Crippen LogP contribution in [0.3, 0.4) is 0 Å². The molecule has 0 bridgehead atoms. The van der Waals surface area contributed by atoms with Crippen LogP contribution in [0.4, 0.5) is 0 Å². The molecule has 0 amide bonds. The molecule has 82 valence electrons. The second-order valence-corrected chi connectivity index (χ2v) is 4.19. The number of benzene rings is 1. The molecule has 1 unspecified atom stereocenters. The summed E-state index contributed by atoms with van der Waals surface area (Å²) in [6.07, 6.45) is 3.68. The number of rotatable bonds is 3. The lowest BCUT2D eigenvalue weighted by Crippen LogP contribution is -2.35. The molecule has 2 heteroatoms. The fourth-order valence-corrected chi connectivity index (χ4v) is 2.47. The van der Waals surface area contributed by atoms with Gasteiger partial charge in [0.05, 0.1) is 7.11 Å². The van der Waals surface area contributed by atoms with E-state index in [4.69, 9.17) is 4.74 Å². The lowest BCUT2D eigenvalue weighted by Gasteiger charge is -2.28. The number of hydrogen-bond acceptors (Lipinski definition) is 2. The Balaban J connectivity index is 2.26. The molecular formula is C13H19NO. The fraction of sp³-hybridized carbons (Fsp3) is 0.538. The standard InChI is InChI=1S/C13H19NO/c1-3-13(9-4-10-14-13)11-5-7-12(15-2)8-6-11/h5-8,14H,3-4,9-10H2,1-2H3. The zero-order valence-corrected chi connectivity index (χ0v) is 9.55. The van der Waals surface area contributed by atoms with E-state index in [0.717, 1.165) is 18.7 Å². The first-order valence-corrected chi connectivity index (χ1v) is 5.70. The quantitative estimate of drug-likeness (QED) is 0.819. The van der Waals surface area contributed by atoms with Gasteiger partial charge in [0.1, 0.15) is 5.75 Å². The minimum atomic E-state index is 0.215. The van der Waals surface area contributed by atoms with Gasteiger partial charge >= 0.3 is 0 Å². The normalized spacial score (nSPS) is 25.5. The average molecular weight is 205 g/mol. The maximum Gasteiger partial charge on any atom is 0.118 e. The Hall–Kier alpha value is -1.02. The smallest absolute Gasteiger partial charge is 0.118 e. The van der Waals surface area contributed by atoms with Crippen molar-refractivity contribution in [2.45, 2.75) is 31.7 Å². The van der Waals surface area contributed by atoms with Gasteiger partial charge in [0.2, 0.25) is 0 Å². The van der Waals surface area contributed by atoms with Gasteiger partial charge in [-0.2, -0.15) is 0 Å². The Morgan fingerprint density at radius 3 is 2.53 bits per heavy atom. The molecule has 0 spiro atoms. The van der Waals surface area contributed by atoms with Crippen molar-refractivity contribution in [2.24, 2.45) is 0 Å². The second-order valence-electron chi connectivity index (χ2n) is 4.19. The predicted octanol–water partition coefficient (Wildman–Crippen LogP) is 2.68. The monoisotopic (exact) mass is 205 g/mol. The Kier molecular flexibility index (Phi) is 2.96. The fourth-order valence-electron chi connectivity index (χ4n) is 2.47. The molecule has 2 rings (SSSR count). The lowest BCUT2D eigenvalue weighted by atomic mass is 9.86. The van der Waals surface area contributed by atoms with Gasteiger partial charge in [0, 0.05) is 5.54 Å². The van der Waals surface area contributed by atoms with Crippen LogP contribution in [-0.4, -0.2) is 13.7 Å². The SMILES string of the molecule is CCC1(c2ccc(OC)cc2)CCCN1. The molecule has 15 heavy (non-hydrogen) atoms. The van der Waals surface area contributed by atoms with E-state index in [-0.39, 0.29) is 5.54 Å². The Labute approximate surface area is 91.6 Å². The average Bonchev–Trinajstić information content (AvgIpc) is 2.79. The molecule has 1 aromatic carbocycles. The third-order valence-electron chi connectivity index (χ3n) is 3.49. The van der Waals surface area contributed by atoms with E-state index in [1.807, 2.05) is 12.1 Å². The minimum absolute atomic E-state index is 0.215. The van der Waals surface area contributed by atoms with E-state index in [2.05, 4.69) is 24.4 Å². The summed E-state index contributed by atoms with van der Waals surface area (Å²) in [5, 5.41) is 3.63. The van der Waals surface area contributed by atoms with Crippen LogP contribution < -0.4 is 10.1 Å².